The molecule has 0 aliphatic carbocycles. The van der Waals surface area contributed by atoms with Crippen molar-refractivity contribution in [3.05, 3.63) is 27.7 Å². The van der Waals surface area contributed by atoms with E-state index in [1.807, 2.05) is 13.8 Å². The lowest BCUT2D eigenvalue weighted by Crippen LogP contribution is -2.11. The van der Waals surface area contributed by atoms with E-state index in [1.54, 1.807) is 0 Å². The molecule has 0 heterocycles. The Morgan fingerprint density at radius 2 is 1.89 bits per heavy atom. The molecule has 0 fully saturated rings. The molecule has 0 N–H and O–H groups in total. The van der Waals surface area contributed by atoms with Gasteiger partial charge >= 0.3 is 5.97 Å². The molecule has 0 spiro atoms. The largest absolute Gasteiger partial charge is 0.462 e. The van der Waals surface area contributed by atoms with E-state index >= 15 is 0 Å². The van der Waals surface area contributed by atoms with Crippen LogP contribution in [0.25, 0.3) is 0 Å². The van der Waals surface area contributed by atoms with Crippen LogP contribution in [0.2, 0.25) is 10.0 Å². The van der Waals surface area contributed by atoms with Crippen molar-refractivity contribution in [2.45, 2.75) is 18.7 Å². The van der Waals surface area contributed by atoms with E-state index in [9.17, 15) is 13.2 Å². The minimum absolute atomic E-state index is 0.0699. The van der Waals surface area contributed by atoms with Gasteiger partial charge in [-0.2, -0.15) is 0 Å². The summed E-state index contributed by atoms with van der Waals surface area (Å²) in [4.78, 5) is 11.5. The molecule has 4 nitrogen and oxygen atoms in total. The van der Waals surface area contributed by atoms with Crippen molar-refractivity contribution in [2.24, 2.45) is 5.92 Å². The van der Waals surface area contributed by atoms with Crippen LogP contribution < -0.4 is 0 Å². The summed E-state index contributed by atoms with van der Waals surface area (Å²) in [6, 6.07) is 2.12. The van der Waals surface area contributed by atoms with E-state index in [0.717, 1.165) is 12.1 Å². The number of benzene rings is 1. The molecule has 0 saturated carbocycles. The van der Waals surface area contributed by atoms with Gasteiger partial charge in [0, 0.05) is 10.7 Å². The first-order valence-electron chi connectivity index (χ1n) is 5.23. The first kappa shape index (κ1) is 16.6. The number of hydrogen-bond acceptors (Lipinski definition) is 4. The summed E-state index contributed by atoms with van der Waals surface area (Å²) in [6.45, 7) is 3.91. The standard InChI is InChI=1S/C11H11Cl3O4S/c1-6(2)5-18-11(15)8-3-7(19(14,16)17)4-9(12)10(8)13/h3-4,6H,5H2,1-2H3. The number of esters is 1. The summed E-state index contributed by atoms with van der Waals surface area (Å²) in [5.41, 5.74) is -0.131. The monoisotopic (exact) mass is 344 g/mol. The van der Waals surface area contributed by atoms with E-state index in [-0.39, 0.29) is 33.0 Å². The Morgan fingerprint density at radius 3 is 2.37 bits per heavy atom. The van der Waals surface area contributed by atoms with Gasteiger partial charge in [0.25, 0.3) is 9.05 Å². The Balaban J connectivity index is 3.20. The fourth-order valence-electron chi connectivity index (χ4n) is 1.17. The van der Waals surface area contributed by atoms with E-state index in [2.05, 4.69) is 0 Å². The van der Waals surface area contributed by atoms with Crippen molar-refractivity contribution < 1.29 is 17.9 Å². The minimum atomic E-state index is -4.01. The molecule has 0 amide bonds. The molecule has 0 radical (unpaired) electrons. The van der Waals surface area contributed by atoms with Crippen LogP contribution in [0.3, 0.4) is 0 Å². The molecule has 0 aliphatic heterocycles. The highest BCUT2D eigenvalue weighted by Crippen LogP contribution is 2.31. The summed E-state index contributed by atoms with van der Waals surface area (Å²) in [7, 11) is 1.20. The molecule has 0 saturated heterocycles. The van der Waals surface area contributed by atoms with Gasteiger partial charge < -0.3 is 4.74 Å². The maximum Gasteiger partial charge on any atom is 0.339 e. The Kier molecular flexibility index (Phi) is 5.50. The number of ether oxygens (including phenoxy) is 1. The van der Waals surface area contributed by atoms with E-state index in [0.29, 0.717) is 0 Å². The van der Waals surface area contributed by atoms with E-state index < -0.39 is 15.0 Å². The smallest absolute Gasteiger partial charge is 0.339 e. The van der Waals surface area contributed by atoms with Crippen LogP contribution in [0.15, 0.2) is 17.0 Å². The third-order valence-corrected chi connectivity index (χ3v) is 4.19. The molecule has 0 atom stereocenters. The highest BCUT2D eigenvalue weighted by atomic mass is 35.7. The van der Waals surface area contributed by atoms with Gasteiger partial charge in [-0.3, -0.25) is 0 Å². The number of rotatable bonds is 4. The molecule has 106 valence electrons. The molecule has 0 bridgehead atoms. The normalized spacial score (nSPS) is 11.7. The van der Waals surface area contributed by atoms with Crippen LogP contribution in [0.1, 0.15) is 24.2 Å². The average molecular weight is 346 g/mol. The van der Waals surface area contributed by atoms with Gasteiger partial charge in [0.05, 0.1) is 27.1 Å². The number of carbonyl (C=O) groups is 1. The second-order valence-corrected chi connectivity index (χ2v) is 7.55. The lowest BCUT2D eigenvalue weighted by molar-refractivity contribution is 0.0459. The molecule has 1 rings (SSSR count). The third-order valence-electron chi connectivity index (χ3n) is 2.05. The van der Waals surface area contributed by atoms with Crippen LogP contribution >= 0.6 is 33.9 Å². The van der Waals surface area contributed by atoms with Crippen molar-refractivity contribution in [1.29, 1.82) is 0 Å². The van der Waals surface area contributed by atoms with Gasteiger partial charge in [0.1, 0.15) is 0 Å². The molecule has 8 heteroatoms. The maximum atomic E-state index is 11.8. The molecule has 1 aromatic carbocycles. The second kappa shape index (κ2) is 6.31. The third kappa shape index (κ3) is 4.53. The Bertz CT molecular complexity index is 596. The maximum absolute atomic E-state index is 11.8. The fourth-order valence-corrected chi connectivity index (χ4v) is 2.43. The van der Waals surface area contributed by atoms with E-state index in [1.165, 1.54) is 0 Å². The summed E-state index contributed by atoms with van der Waals surface area (Å²) in [5.74, 6) is -0.610. The van der Waals surface area contributed by atoms with Crippen LogP contribution in [-0.2, 0) is 13.8 Å². The number of carbonyl (C=O) groups excluding carboxylic acids is 1. The SMILES string of the molecule is CC(C)COC(=O)c1cc(S(=O)(=O)Cl)cc(Cl)c1Cl. The van der Waals surface area contributed by atoms with Gasteiger partial charge in [-0.25, -0.2) is 13.2 Å². The minimum Gasteiger partial charge on any atom is -0.462 e. The van der Waals surface area contributed by atoms with Crippen molar-refractivity contribution in [3.8, 4) is 0 Å². The predicted molar refractivity (Wildman–Crippen MR) is 74.6 cm³/mol. The highest BCUT2D eigenvalue weighted by Gasteiger charge is 2.21. The van der Waals surface area contributed by atoms with Crippen molar-refractivity contribution in [3.63, 3.8) is 0 Å². The van der Waals surface area contributed by atoms with Gasteiger partial charge in [-0.1, -0.05) is 37.0 Å². The first-order valence-corrected chi connectivity index (χ1v) is 8.30. The second-order valence-electron chi connectivity index (χ2n) is 4.20. The summed E-state index contributed by atoms with van der Waals surface area (Å²) >= 11 is 11.6. The fraction of sp³-hybridized carbons (Fsp3) is 0.364. The van der Waals surface area contributed by atoms with Crippen LogP contribution in [-0.4, -0.2) is 21.0 Å². The van der Waals surface area contributed by atoms with Crippen LogP contribution in [0.4, 0.5) is 0 Å². The summed E-state index contributed by atoms with van der Waals surface area (Å²) in [5, 5.41) is -0.153. The van der Waals surface area contributed by atoms with Crippen molar-refractivity contribution in [1.82, 2.24) is 0 Å². The molecular weight excluding hydrogens is 335 g/mol. The lowest BCUT2D eigenvalue weighted by Gasteiger charge is -2.10. The molecular formula is C11H11Cl3O4S. The predicted octanol–water partition coefficient (Wildman–Crippen LogP) is 3.73. The molecule has 0 aromatic heterocycles. The van der Waals surface area contributed by atoms with E-state index in [4.69, 9.17) is 38.6 Å². The van der Waals surface area contributed by atoms with Crippen molar-refractivity contribution >= 4 is 48.9 Å². The molecule has 0 unspecified atom stereocenters. The zero-order chi connectivity index (χ0) is 14.8. The highest BCUT2D eigenvalue weighted by molar-refractivity contribution is 8.13. The van der Waals surface area contributed by atoms with Crippen LogP contribution in [0.5, 0.6) is 0 Å². The number of hydrogen-bond donors (Lipinski definition) is 0. The quantitative estimate of drug-likeness (QED) is 0.616. The number of halogens is 3. The average Bonchev–Trinajstić information content (AvgIpc) is 2.27. The summed E-state index contributed by atoms with van der Waals surface area (Å²) < 4.78 is 27.5. The van der Waals surface area contributed by atoms with Gasteiger partial charge in [-0.05, 0) is 18.1 Å². The molecule has 1 aromatic rings. The van der Waals surface area contributed by atoms with Crippen LogP contribution in [0, 0.1) is 5.92 Å². The molecule has 19 heavy (non-hydrogen) atoms. The van der Waals surface area contributed by atoms with Gasteiger partial charge in [0.15, 0.2) is 0 Å². The van der Waals surface area contributed by atoms with Crippen molar-refractivity contribution in [2.75, 3.05) is 6.61 Å². The molecule has 0 aliphatic rings. The lowest BCUT2D eigenvalue weighted by atomic mass is 10.2. The summed E-state index contributed by atoms with van der Waals surface area (Å²) in [6.07, 6.45) is 0. The zero-order valence-electron chi connectivity index (χ0n) is 10.1. The Morgan fingerprint density at radius 1 is 1.32 bits per heavy atom. The Labute approximate surface area is 126 Å². The first-order chi connectivity index (χ1) is 8.62. The topological polar surface area (TPSA) is 60.4 Å². The zero-order valence-corrected chi connectivity index (χ0v) is 13.2. The Hall–Kier alpha value is -0.490. The van der Waals surface area contributed by atoms with Gasteiger partial charge in [-0.15, -0.1) is 0 Å². The van der Waals surface area contributed by atoms with Gasteiger partial charge in [0.2, 0.25) is 0 Å².